The van der Waals surface area contributed by atoms with E-state index in [1.807, 2.05) is 30.3 Å². The zero-order valence-electron chi connectivity index (χ0n) is 15.1. The summed E-state index contributed by atoms with van der Waals surface area (Å²) in [5.41, 5.74) is 0.416. The van der Waals surface area contributed by atoms with Gasteiger partial charge in [0.2, 0.25) is 5.91 Å². The van der Waals surface area contributed by atoms with Crippen molar-refractivity contribution in [3.05, 3.63) is 71.9 Å². The third kappa shape index (κ3) is 7.63. The van der Waals surface area contributed by atoms with Gasteiger partial charge in [-0.05, 0) is 41.8 Å². The number of ether oxygens (including phenoxy) is 1. The fourth-order valence-electron chi connectivity index (χ4n) is 2.00. The normalized spacial score (nSPS) is 10.5. The first-order chi connectivity index (χ1) is 13.4. The predicted molar refractivity (Wildman–Crippen MR) is 105 cm³/mol. The molecule has 2 aromatic rings. The molecule has 0 heterocycles. The maximum absolute atomic E-state index is 12.8. The van der Waals surface area contributed by atoms with Crippen molar-refractivity contribution in [3.63, 3.8) is 0 Å². The topological polar surface area (TPSA) is 75.7 Å². The third-order valence-corrected chi connectivity index (χ3v) is 4.24. The molecule has 0 aliphatic carbocycles. The van der Waals surface area contributed by atoms with E-state index in [2.05, 4.69) is 5.32 Å². The number of nitrogens with one attached hydrogen (secondary N) is 1. The van der Waals surface area contributed by atoms with E-state index in [9.17, 15) is 18.8 Å². The SMILES string of the molecule is CN(CC(=O)Nc1ccc(F)cc1)C(=O)COC(=O)C=CSc1ccccc1. The minimum Gasteiger partial charge on any atom is -0.452 e. The van der Waals surface area contributed by atoms with E-state index in [-0.39, 0.29) is 6.54 Å². The Morgan fingerprint density at radius 3 is 2.46 bits per heavy atom. The molecule has 0 radical (unpaired) electrons. The number of thioether (sulfide) groups is 1. The minimum atomic E-state index is -0.652. The van der Waals surface area contributed by atoms with Crippen LogP contribution in [0.5, 0.6) is 0 Å². The Bertz CT molecular complexity index is 841. The molecule has 0 spiro atoms. The number of benzene rings is 2. The number of esters is 1. The quantitative estimate of drug-likeness (QED) is 0.417. The summed E-state index contributed by atoms with van der Waals surface area (Å²) in [5, 5.41) is 4.11. The zero-order valence-corrected chi connectivity index (χ0v) is 15.9. The van der Waals surface area contributed by atoms with Crippen LogP contribution in [0.15, 0.2) is 71.0 Å². The number of likely N-dealkylation sites (N-methyl/N-ethyl adjacent to an activating group) is 1. The number of amides is 2. The van der Waals surface area contributed by atoms with Gasteiger partial charge in [-0.25, -0.2) is 9.18 Å². The van der Waals surface area contributed by atoms with Gasteiger partial charge in [0, 0.05) is 23.7 Å². The standard InChI is InChI=1S/C20H19FN2O4S/c1-23(13-18(24)22-16-9-7-15(21)8-10-16)19(25)14-27-20(26)11-12-28-17-5-3-2-4-6-17/h2-12H,13-14H2,1H3,(H,22,24). The molecule has 0 saturated carbocycles. The van der Waals surface area contributed by atoms with Crippen molar-refractivity contribution in [1.82, 2.24) is 4.90 Å². The van der Waals surface area contributed by atoms with Crippen molar-refractivity contribution in [1.29, 1.82) is 0 Å². The summed E-state index contributed by atoms with van der Waals surface area (Å²) in [7, 11) is 1.42. The first-order valence-corrected chi connectivity index (χ1v) is 9.16. The monoisotopic (exact) mass is 402 g/mol. The van der Waals surface area contributed by atoms with Gasteiger partial charge < -0.3 is 15.0 Å². The van der Waals surface area contributed by atoms with Gasteiger partial charge in [0.15, 0.2) is 6.61 Å². The van der Waals surface area contributed by atoms with Crippen molar-refractivity contribution in [2.75, 3.05) is 25.5 Å². The lowest BCUT2D eigenvalue weighted by Gasteiger charge is -2.16. The Hall–Kier alpha value is -3.13. The maximum Gasteiger partial charge on any atom is 0.331 e. The fraction of sp³-hybridized carbons (Fsp3) is 0.150. The van der Waals surface area contributed by atoms with Gasteiger partial charge in [0.1, 0.15) is 5.82 Å². The van der Waals surface area contributed by atoms with Crippen LogP contribution in [0.1, 0.15) is 0 Å². The molecule has 0 aromatic heterocycles. The summed E-state index contributed by atoms with van der Waals surface area (Å²) in [6.07, 6.45) is 1.23. The number of carbonyl (C=O) groups is 3. The summed E-state index contributed by atoms with van der Waals surface area (Å²) in [6.45, 7) is -0.701. The van der Waals surface area contributed by atoms with E-state index in [1.165, 1.54) is 49.2 Å². The highest BCUT2D eigenvalue weighted by Crippen LogP contribution is 2.17. The van der Waals surface area contributed by atoms with Crippen LogP contribution in [-0.4, -0.2) is 42.9 Å². The molecular weight excluding hydrogens is 383 g/mol. The molecule has 2 aromatic carbocycles. The average molecular weight is 402 g/mol. The molecule has 0 aliphatic rings. The van der Waals surface area contributed by atoms with Crippen LogP contribution in [0.25, 0.3) is 0 Å². The van der Waals surface area contributed by atoms with E-state index >= 15 is 0 Å². The second-order valence-corrected chi connectivity index (χ2v) is 6.63. The second kappa shape index (κ2) is 10.9. The fourth-order valence-corrected chi connectivity index (χ4v) is 2.65. The van der Waals surface area contributed by atoms with E-state index in [0.29, 0.717) is 5.69 Å². The summed E-state index contributed by atoms with van der Waals surface area (Å²) in [6, 6.07) is 14.7. The van der Waals surface area contributed by atoms with E-state index in [1.54, 1.807) is 5.41 Å². The van der Waals surface area contributed by atoms with Gasteiger partial charge in [-0.15, -0.1) is 0 Å². The third-order valence-electron chi connectivity index (χ3n) is 3.42. The number of halogens is 1. The van der Waals surface area contributed by atoms with Gasteiger partial charge in [-0.2, -0.15) is 0 Å². The Balaban J connectivity index is 1.70. The van der Waals surface area contributed by atoms with E-state index in [0.717, 1.165) is 9.80 Å². The van der Waals surface area contributed by atoms with E-state index < -0.39 is 30.2 Å². The molecule has 8 heteroatoms. The molecule has 0 aliphatic heterocycles. The first-order valence-electron chi connectivity index (χ1n) is 8.28. The molecular formula is C20H19FN2O4S. The molecule has 6 nitrogen and oxygen atoms in total. The van der Waals surface area contributed by atoms with Crippen LogP contribution >= 0.6 is 11.8 Å². The Morgan fingerprint density at radius 1 is 1.11 bits per heavy atom. The second-order valence-electron chi connectivity index (χ2n) is 5.65. The highest BCUT2D eigenvalue weighted by atomic mass is 32.2. The molecule has 0 saturated heterocycles. The number of hydrogen-bond donors (Lipinski definition) is 1. The number of nitrogens with zero attached hydrogens (tertiary/aromatic N) is 1. The lowest BCUT2D eigenvalue weighted by atomic mass is 10.3. The van der Waals surface area contributed by atoms with Crippen LogP contribution in [0.2, 0.25) is 0 Å². The van der Waals surface area contributed by atoms with Crippen LogP contribution in [0.4, 0.5) is 10.1 Å². The number of hydrogen-bond acceptors (Lipinski definition) is 5. The van der Waals surface area contributed by atoms with Gasteiger partial charge in [0.05, 0.1) is 6.54 Å². The molecule has 0 fully saturated rings. The number of rotatable bonds is 8. The molecule has 146 valence electrons. The zero-order chi connectivity index (χ0) is 20.4. The largest absolute Gasteiger partial charge is 0.452 e. The average Bonchev–Trinajstić information content (AvgIpc) is 2.68. The van der Waals surface area contributed by atoms with Crippen LogP contribution in [-0.2, 0) is 19.1 Å². The van der Waals surface area contributed by atoms with Gasteiger partial charge in [0.25, 0.3) is 5.91 Å². The molecule has 0 unspecified atom stereocenters. The molecule has 0 bridgehead atoms. The molecule has 1 N–H and O–H groups in total. The molecule has 0 atom stereocenters. The minimum absolute atomic E-state index is 0.229. The first kappa shape index (κ1) is 21.2. The van der Waals surface area contributed by atoms with Crippen molar-refractivity contribution >= 4 is 35.2 Å². The maximum atomic E-state index is 12.8. The summed E-state index contributed by atoms with van der Waals surface area (Å²) in [4.78, 5) is 37.6. The highest BCUT2D eigenvalue weighted by Gasteiger charge is 2.14. The highest BCUT2D eigenvalue weighted by molar-refractivity contribution is 8.02. The van der Waals surface area contributed by atoms with Crippen molar-refractivity contribution in [2.24, 2.45) is 0 Å². The number of carbonyl (C=O) groups excluding carboxylic acids is 3. The Labute approximate surface area is 166 Å². The Morgan fingerprint density at radius 2 is 1.79 bits per heavy atom. The summed E-state index contributed by atoms with van der Waals surface area (Å²) in [5.74, 6) is -2.04. The van der Waals surface area contributed by atoms with Crippen molar-refractivity contribution < 1.29 is 23.5 Å². The summed E-state index contributed by atoms with van der Waals surface area (Å²) < 4.78 is 17.7. The van der Waals surface area contributed by atoms with Crippen LogP contribution < -0.4 is 5.32 Å². The molecule has 2 rings (SSSR count). The van der Waals surface area contributed by atoms with E-state index in [4.69, 9.17) is 4.74 Å². The smallest absolute Gasteiger partial charge is 0.331 e. The van der Waals surface area contributed by atoms with Crippen LogP contribution in [0.3, 0.4) is 0 Å². The van der Waals surface area contributed by atoms with Crippen molar-refractivity contribution in [3.8, 4) is 0 Å². The molecule has 2 amide bonds. The lowest BCUT2D eigenvalue weighted by molar-refractivity contribution is -0.148. The lowest BCUT2D eigenvalue weighted by Crippen LogP contribution is -2.37. The van der Waals surface area contributed by atoms with Crippen molar-refractivity contribution in [2.45, 2.75) is 4.90 Å². The van der Waals surface area contributed by atoms with Gasteiger partial charge in [-0.3, -0.25) is 9.59 Å². The van der Waals surface area contributed by atoms with Gasteiger partial charge >= 0.3 is 5.97 Å². The Kier molecular flexibility index (Phi) is 8.23. The predicted octanol–water partition coefficient (Wildman–Crippen LogP) is 3.07. The van der Waals surface area contributed by atoms with Crippen LogP contribution in [0, 0.1) is 5.82 Å². The molecule has 28 heavy (non-hydrogen) atoms. The number of anilines is 1. The summed E-state index contributed by atoms with van der Waals surface area (Å²) >= 11 is 1.35. The van der Waals surface area contributed by atoms with Gasteiger partial charge in [-0.1, -0.05) is 30.0 Å².